The second-order valence-electron chi connectivity index (χ2n) is 6.54. The van der Waals surface area contributed by atoms with E-state index in [1.54, 1.807) is 30.5 Å². The number of aromatic nitrogens is 1. The van der Waals surface area contributed by atoms with Crippen molar-refractivity contribution in [2.45, 2.75) is 52.6 Å². The Morgan fingerprint density at radius 3 is 2.35 bits per heavy atom. The summed E-state index contributed by atoms with van der Waals surface area (Å²) in [5.41, 5.74) is 4.77. The molecule has 0 aliphatic rings. The summed E-state index contributed by atoms with van der Waals surface area (Å²) in [7, 11) is -3.57. The lowest BCUT2D eigenvalue weighted by molar-refractivity contribution is 0.279. The number of nitrogens with zero attached hydrogens (tertiary/aromatic N) is 1. The van der Waals surface area contributed by atoms with Crippen LogP contribution in [0.15, 0.2) is 36.5 Å². The van der Waals surface area contributed by atoms with Gasteiger partial charge in [-0.25, -0.2) is 15.0 Å². The maximum absolute atomic E-state index is 13.8. The molecule has 0 saturated heterocycles. The Hall–Kier alpha value is -1.55. The number of benzene rings is 1. The maximum Gasteiger partial charge on any atom is 0.406 e. The second kappa shape index (κ2) is 8.43. The normalized spacial score (nSPS) is 13.9. The third kappa shape index (κ3) is 4.40. The topological polar surface area (TPSA) is 60.5 Å². The van der Waals surface area contributed by atoms with Gasteiger partial charge in [0.05, 0.1) is 5.16 Å². The third-order valence-electron chi connectivity index (χ3n) is 4.96. The molecular formula is C19H26ClN2O3P. The van der Waals surface area contributed by atoms with E-state index in [1.165, 1.54) is 0 Å². The lowest BCUT2D eigenvalue weighted by atomic mass is 10.1. The number of hydrogen-bond donors (Lipinski definition) is 1. The Morgan fingerprint density at radius 1 is 1.15 bits per heavy atom. The molecule has 0 saturated carbocycles. The Balaban J connectivity index is 2.32. The molecule has 0 aliphatic heterocycles. The van der Waals surface area contributed by atoms with Crippen LogP contribution in [-0.2, 0) is 9.19 Å². The van der Waals surface area contributed by atoms with Crippen LogP contribution in [-0.4, -0.2) is 10.1 Å². The van der Waals surface area contributed by atoms with Gasteiger partial charge in [-0.05, 0) is 75.1 Å². The number of hydrogen-bond acceptors (Lipinski definition) is 5. The highest BCUT2D eigenvalue weighted by Crippen LogP contribution is 2.62. The monoisotopic (exact) mass is 396 g/mol. The van der Waals surface area contributed by atoms with Gasteiger partial charge in [-0.1, -0.05) is 25.4 Å². The fourth-order valence-electron chi connectivity index (χ4n) is 2.35. The molecule has 0 amide bonds. The van der Waals surface area contributed by atoms with Crippen LogP contribution in [0.2, 0.25) is 5.02 Å². The zero-order valence-electron chi connectivity index (χ0n) is 15.9. The zero-order chi connectivity index (χ0) is 19.4. The van der Waals surface area contributed by atoms with E-state index in [0.717, 1.165) is 11.1 Å². The molecule has 0 spiro atoms. The minimum atomic E-state index is -3.57. The minimum absolute atomic E-state index is 0.446. The van der Waals surface area contributed by atoms with Crippen molar-refractivity contribution >= 4 is 25.0 Å². The predicted octanol–water partition coefficient (Wildman–Crippen LogP) is 6.55. The zero-order valence-corrected chi connectivity index (χ0v) is 17.5. The van der Waals surface area contributed by atoms with Gasteiger partial charge in [0.15, 0.2) is 5.82 Å². The summed E-state index contributed by atoms with van der Waals surface area (Å²) in [6.45, 7) is 9.76. The van der Waals surface area contributed by atoms with Crippen molar-refractivity contribution in [1.29, 1.82) is 0 Å². The highest BCUT2D eigenvalue weighted by atomic mass is 35.5. The average Bonchev–Trinajstić information content (AvgIpc) is 2.64. The van der Waals surface area contributed by atoms with Crippen LogP contribution in [0.5, 0.6) is 5.75 Å². The quantitative estimate of drug-likeness (QED) is 0.405. The van der Waals surface area contributed by atoms with Crippen molar-refractivity contribution < 1.29 is 13.7 Å². The van der Waals surface area contributed by atoms with Gasteiger partial charge in [-0.3, -0.25) is 0 Å². The number of anilines is 1. The van der Waals surface area contributed by atoms with Gasteiger partial charge in [0.25, 0.3) is 0 Å². The highest BCUT2D eigenvalue weighted by Gasteiger charge is 2.47. The van der Waals surface area contributed by atoms with Crippen LogP contribution in [0.3, 0.4) is 0 Å². The summed E-state index contributed by atoms with van der Waals surface area (Å²) in [5, 5.41) is -0.0725. The van der Waals surface area contributed by atoms with Gasteiger partial charge in [0, 0.05) is 11.2 Å². The smallest absolute Gasteiger partial charge is 0.406 e. The molecule has 1 unspecified atom stereocenters. The van der Waals surface area contributed by atoms with Gasteiger partial charge in [-0.2, -0.15) is 4.62 Å². The lowest BCUT2D eigenvalue weighted by Gasteiger charge is -2.34. The van der Waals surface area contributed by atoms with Crippen molar-refractivity contribution in [3.05, 3.63) is 52.7 Å². The van der Waals surface area contributed by atoms with E-state index in [9.17, 15) is 4.57 Å². The molecule has 5 nitrogen and oxygen atoms in total. The highest BCUT2D eigenvalue weighted by molar-refractivity contribution is 7.56. The van der Waals surface area contributed by atoms with Gasteiger partial charge in [-0.15, -0.1) is 0 Å². The van der Waals surface area contributed by atoms with E-state index in [4.69, 9.17) is 20.7 Å². The van der Waals surface area contributed by atoms with Crippen molar-refractivity contribution in [3.63, 3.8) is 0 Å². The SMILES string of the molecule is CCC(C)(CC)P(=O)(ONc1nccc(C)c1C)Oc1ccc(Cl)cc1. The van der Waals surface area contributed by atoms with Crippen LogP contribution in [0.4, 0.5) is 5.82 Å². The summed E-state index contributed by atoms with van der Waals surface area (Å²) in [4.78, 5) is 4.26. The van der Waals surface area contributed by atoms with Gasteiger partial charge < -0.3 is 4.52 Å². The number of nitrogens with one attached hydrogen (secondary N) is 1. The maximum atomic E-state index is 13.8. The molecule has 1 atom stereocenters. The molecule has 1 heterocycles. The molecule has 7 heteroatoms. The fraction of sp³-hybridized carbons (Fsp3) is 0.421. The molecule has 142 valence electrons. The number of rotatable bonds is 8. The van der Waals surface area contributed by atoms with Gasteiger partial charge >= 0.3 is 7.60 Å². The Bertz CT molecular complexity index is 792. The molecule has 0 fully saturated rings. The van der Waals surface area contributed by atoms with Crippen molar-refractivity contribution in [2.75, 3.05) is 5.48 Å². The van der Waals surface area contributed by atoms with Gasteiger partial charge in [0.1, 0.15) is 5.75 Å². The summed E-state index contributed by atoms with van der Waals surface area (Å²) in [5.74, 6) is 0.973. The molecular weight excluding hydrogens is 371 g/mol. The first-order valence-corrected chi connectivity index (χ1v) is 10.6. The largest absolute Gasteiger partial charge is 0.423 e. The second-order valence-corrected chi connectivity index (χ2v) is 9.42. The molecule has 0 aliphatic carbocycles. The minimum Gasteiger partial charge on any atom is -0.423 e. The summed E-state index contributed by atoms with van der Waals surface area (Å²) >= 11 is 5.92. The van der Waals surface area contributed by atoms with E-state index in [2.05, 4.69) is 10.5 Å². The van der Waals surface area contributed by atoms with E-state index < -0.39 is 12.8 Å². The third-order valence-corrected chi connectivity index (χ3v) is 7.95. The van der Waals surface area contributed by atoms with Crippen molar-refractivity contribution in [3.8, 4) is 5.75 Å². The Kier molecular flexibility index (Phi) is 6.73. The molecule has 1 N–H and O–H groups in total. The summed E-state index contributed by atoms with van der Waals surface area (Å²) < 4.78 is 25.4. The lowest BCUT2D eigenvalue weighted by Crippen LogP contribution is -2.28. The molecule has 1 aromatic heterocycles. The van der Waals surface area contributed by atoms with Crippen LogP contribution in [0.1, 0.15) is 44.7 Å². The predicted molar refractivity (Wildman–Crippen MR) is 107 cm³/mol. The summed E-state index contributed by atoms with van der Waals surface area (Å²) in [6.07, 6.45) is 2.95. The molecule has 1 aromatic carbocycles. The number of aryl methyl sites for hydroxylation is 1. The average molecular weight is 397 g/mol. The van der Waals surface area contributed by atoms with Crippen molar-refractivity contribution in [1.82, 2.24) is 4.98 Å². The van der Waals surface area contributed by atoms with Gasteiger partial charge in [0.2, 0.25) is 0 Å². The van der Waals surface area contributed by atoms with Crippen LogP contribution in [0, 0.1) is 13.8 Å². The standard InChI is InChI=1S/C19H26ClN2O3P/c1-6-19(5,7-2)26(23,24-17-10-8-16(20)9-11-17)25-22-18-15(4)14(3)12-13-21-18/h8-13H,6-7H2,1-5H3,(H,21,22). The molecule has 0 radical (unpaired) electrons. The Morgan fingerprint density at radius 2 is 1.77 bits per heavy atom. The first kappa shape index (κ1) is 20.8. The molecule has 0 bridgehead atoms. The van der Waals surface area contributed by atoms with Crippen LogP contribution >= 0.6 is 19.2 Å². The number of pyridine rings is 1. The molecule has 26 heavy (non-hydrogen) atoms. The molecule has 2 rings (SSSR count). The van der Waals surface area contributed by atoms with E-state index >= 15 is 0 Å². The van der Waals surface area contributed by atoms with E-state index in [0.29, 0.717) is 29.4 Å². The summed E-state index contributed by atoms with van der Waals surface area (Å²) in [6, 6.07) is 8.65. The molecule has 2 aromatic rings. The fourth-order valence-corrected chi connectivity index (χ4v) is 4.33. The number of halogens is 1. The first-order chi connectivity index (χ1) is 12.2. The van der Waals surface area contributed by atoms with Crippen LogP contribution in [0.25, 0.3) is 0 Å². The van der Waals surface area contributed by atoms with Crippen molar-refractivity contribution in [2.24, 2.45) is 0 Å². The van der Waals surface area contributed by atoms with E-state index in [1.807, 2.05) is 40.7 Å². The van der Waals surface area contributed by atoms with Crippen LogP contribution < -0.4 is 10.0 Å². The van der Waals surface area contributed by atoms with E-state index in [-0.39, 0.29) is 0 Å². The first-order valence-electron chi connectivity index (χ1n) is 8.67. The Labute approximate surface area is 160 Å².